The van der Waals surface area contributed by atoms with E-state index in [1.54, 1.807) is 24.3 Å². The van der Waals surface area contributed by atoms with Gasteiger partial charge in [-0.25, -0.2) is 10.8 Å². The van der Waals surface area contributed by atoms with Crippen molar-refractivity contribution in [3.05, 3.63) is 71.1 Å². The molecule has 3 rings (SSSR count). The quantitative estimate of drug-likeness (QED) is 0.424. The molecule has 2 aromatic carbocycles. The van der Waals surface area contributed by atoms with Gasteiger partial charge in [-0.2, -0.15) is 0 Å². The Morgan fingerprint density at radius 3 is 2.64 bits per heavy atom. The van der Waals surface area contributed by atoms with Crippen molar-refractivity contribution in [2.75, 3.05) is 0 Å². The van der Waals surface area contributed by atoms with Crippen LogP contribution in [0.5, 0.6) is 5.75 Å². The first-order valence-electron chi connectivity index (χ1n) is 7.84. The van der Waals surface area contributed by atoms with Crippen molar-refractivity contribution in [3.63, 3.8) is 0 Å². The number of nitrogens with zero attached hydrogens (tertiary/aromatic N) is 1. The average molecular weight is 337 g/mol. The smallest absolute Gasteiger partial charge is 0.265 e. The van der Waals surface area contributed by atoms with Crippen LogP contribution >= 0.6 is 0 Å². The monoisotopic (exact) mass is 337 g/mol. The maximum atomic E-state index is 11.4. The average Bonchev–Trinajstić information content (AvgIpc) is 3.00. The lowest BCUT2D eigenvalue weighted by Gasteiger charge is -2.05. The number of aromatic nitrogens is 1. The summed E-state index contributed by atoms with van der Waals surface area (Å²) >= 11 is 0. The zero-order valence-corrected chi connectivity index (χ0v) is 14.1. The molecule has 0 radical (unpaired) electrons. The third-order valence-corrected chi connectivity index (χ3v) is 3.78. The van der Waals surface area contributed by atoms with Crippen LogP contribution in [-0.4, -0.2) is 10.9 Å². The van der Waals surface area contributed by atoms with Gasteiger partial charge >= 0.3 is 0 Å². The highest BCUT2D eigenvalue weighted by molar-refractivity contribution is 5.93. The minimum absolute atomic E-state index is 0.257. The Labute approximate surface area is 145 Å². The van der Waals surface area contributed by atoms with Gasteiger partial charge in [-0.15, -0.1) is 0 Å². The Morgan fingerprint density at radius 1 is 1.20 bits per heavy atom. The van der Waals surface area contributed by atoms with Gasteiger partial charge in [0, 0.05) is 11.1 Å². The second kappa shape index (κ2) is 7.19. The summed E-state index contributed by atoms with van der Waals surface area (Å²) in [7, 11) is 0. The van der Waals surface area contributed by atoms with E-state index in [1.165, 1.54) is 0 Å². The van der Waals surface area contributed by atoms with Crippen LogP contribution in [0, 0.1) is 13.8 Å². The van der Waals surface area contributed by atoms with Crippen molar-refractivity contribution in [1.82, 2.24) is 10.4 Å². The molecular formula is C19H19N3O3. The van der Waals surface area contributed by atoms with E-state index in [0.717, 1.165) is 16.8 Å². The summed E-state index contributed by atoms with van der Waals surface area (Å²) in [6.07, 6.45) is 0. The highest BCUT2D eigenvalue weighted by Crippen LogP contribution is 2.24. The molecule has 6 nitrogen and oxygen atoms in total. The molecule has 3 aromatic rings. The van der Waals surface area contributed by atoms with Crippen LogP contribution in [0.3, 0.4) is 0 Å². The second-order valence-electron chi connectivity index (χ2n) is 5.68. The third kappa shape index (κ3) is 3.87. The number of carbonyl (C=O) groups excluding carboxylic acids is 1. The van der Waals surface area contributed by atoms with Gasteiger partial charge in [0.1, 0.15) is 12.4 Å². The number of nitrogens with one attached hydrogen (secondary N) is 1. The van der Waals surface area contributed by atoms with Gasteiger partial charge in [0.05, 0.1) is 5.69 Å². The molecule has 0 spiro atoms. The number of aryl methyl sites for hydroxylation is 2. The van der Waals surface area contributed by atoms with Crippen molar-refractivity contribution >= 4 is 5.91 Å². The zero-order valence-electron chi connectivity index (χ0n) is 14.1. The van der Waals surface area contributed by atoms with Crippen molar-refractivity contribution in [1.29, 1.82) is 0 Å². The van der Waals surface area contributed by atoms with E-state index in [2.05, 4.69) is 10.4 Å². The topological polar surface area (TPSA) is 90.4 Å². The van der Waals surface area contributed by atoms with Gasteiger partial charge < -0.3 is 9.15 Å². The summed E-state index contributed by atoms with van der Waals surface area (Å²) in [4.78, 5) is 15.9. The van der Waals surface area contributed by atoms with Crippen molar-refractivity contribution in [2.24, 2.45) is 5.84 Å². The van der Waals surface area contributed by atoms with E-state index in [0.29, 0.717) is 23.0 Å². The number of rotatable bonds is 5. The molecule has 0 unspecified atom stereocenters. The zero-order chi connectivity index (χ0) is 17.8. The second-order valence-corrected chi connectivity index (χ2v) is 5.68. The number of hydrogen-bond acceptors (Lipinski definition) is 5. The van der Waals surface area contributed by atoms with Crippen LogP contribution in [0.2, 0.25) is 0 Å². The molecule has 128 valence electrons. The number of oxazole rings is 1. The lowest BCUT2D eigenvalue weighted by atomic mass is 10.1. The SMILES string of the molecule is Cc1cccc(-c2nc(C)c(COc3ccc(C(=O)NN)cc3)o2)c1. The lowest BCUT2D eigenvalue weighted by molar-refractivity contribution is 0.0953. The van der Waals surface area contributed by atoms with E-state index in [1.807, 2.05) is 38.1 Å². The van der Waals surface area contributed by atoms with Crippen LogP contribution in [0.4, 0.5) is 0 Å². The highest BCUT2D eigenvalue weighted by Gasteiger charge is 2.12. The molecule has 0 bridgehead atoms. The predicted molar refractivity (Wildman–Crippen MR) is 93.8 cm³/mol. The third-order valence-electron chi connectivity index (χ3n) is 3.78. The fraction of sp³-hybridized carbons (Fsp3) is 0.158. The van der Waals surface area contributed by atoms with Gasteiger partial charge in [0.2, 0.25) is 5.89 Å². The molecule has 1 amide bonds. The minimum atomic E-state index is -0.347. The van der Waals surface area contributed by atoms with Crippen LogP contribution in [-0.2, 0) is 6.61 Å². The van der Waals surface area contributed by atoms with Crippen LogP contribution < -0.4 is 16.0 Å². The van der Waals surface area contributed by atoms with E-state index >= 15 is 0 Å². The largest absolute Gasteiger partial charge is 0.486 e. The predicted octanol–water partition coefficient (Wildman–Crippen LogP) is 3.14. The molecule has 0 aliphatic heterocycles. The molecule has 6 heteroatoms. The number of hydrogen-bond donors (Lipinski definition) is 2. The minimum Gasteiger partial charge on any atom is -0.486 e. The Bertz CT molecular complexity index is 885. The first-order chi connectivity index (χ1) is 12.1. The lowest BCUT2D eigenvalue weighted by Crippen LogP contribution is -2.29. The first kappa shape index (κ1) is 16.7. The summed E-state index contributed by atoms with van der Waals surface area (Å²) in [5.74, 6) is 6.63. The summed E-state index contributed by atoms with van der Waals surface area (Å²) < 4.78 is 11.6. The molecule has 0 saturated carbocycles. The van der Waals surface area contributed by atoms with Gasteiger partial charge in [-0.05, 0) is 50.2 Å². The molecule has 0 aliphatic carbocycles. The summed E-state index contributed by atoms with van der Waals surface area (Å²) in [6, 6.07) is 14.7. The van der Waals surface area contributed by atoms with E-state index in [4.69, 9.17) is 15.0 Å². The molecule has 0 aliphatic rings. The molecule has 0 atom stereocenters. The summed E-state index contributed by atoms with van der Waals surface area (Å²) in [5.41, 5.74) is 5.42. The number of ether oxygens (including phenoxy) is 1. The van der Waals surface area contributed by atoms with Crippen molar-refractivity contribution in [3.8, 4) is 17.2 Å². The van der Waals surface area contributed by atoms with E-state index < -0.39 is 0 Å². The van der Waals surface area contributed by atoms with Crippen LogP contribution in [0.15, 0.2) is 52.9 Å². The van der Waals surface area contributed by atoms with Crippen LogP contribution in [0.1, 0.15) is 27.4 Å². The Morgan fingerprint density at radius 2 is 1.96 bits per heavy atom. The van der Waals surface area contributed by atoms with E-state index in [-0.39, 0.29) is 12.5 Å². The first-order valence-corrected chi connectivity index (χ1v) is 7.84. The van der Waals surface area contributed by atoms with Gasteiger partial charge in [-0.3, -0.25) is 10.2 Å². The van der Waals surface area contributed by atoms with Crippen molar-refractivity contribution in [2.45, 2.75) is 20.5 Å². The number of amides is 1. The highest BCUT2D eigenvalue weighted by atomic mass is 16.5. The van der Waals surface area contributed by atoms with Gasteiger partial charge in [0.15, 0.2) is 5.76 Å². The number of nitrogens with two attached hydrogens (primary N) is 1. The number of carbonyl (C=O) groups is 1. The summed E-state index contributed by atoms with van der Waals surface area (Å²) in [6.45, 7) is 4.17. The number of nitrogen functional groups attached to an aromatic ring is 1. The maximum absolute atomic E-state index is 11.4. The number of hydrazine groups is 1. The maximum Gasteiger partial charge on any atom is 0.265 e. The molecule has 25 heavy (non-hydrogen) atoms. The fourth-order valence-electron chi connectivity index (χ4n) is 2.40. The Balaban J connectivity index is 1.70. The van der Waals surface area contributed by atoms with Gasteiger partial charge in [-0.1, -0.05) is 17.7 Å². The molecular weight excluding hydrogens is 318 g/mol. The van der Waals surface area contributed by atoms with Crippen LogP contribution in [0.25, 0.3) is 11.5 Å². The van der Waals surface area contributed by atoms with Crippen molar-refractivity contribution < 1.29 is 13.9 Å². The summed E-state index contributed by atoms with van der Waals surface area (Å²) in [5, 5.41) is 0. The number of benzene rings is 2. The molecule has 3 N–H and O–H groups in total. The molecule has 0 fully saturated rings. The van der Waals surface area contributed by atoms with E-state index in [9.17, 15) is 4.79 Å². The fourth-order valence-corrected chi connectivity index (χ4v) is 2.40. The molecule has 1 heterocycles. The molecule has 0 saturated heterocycles. The Hall–Kier alpha value is -3.12. The standard InChI is InChI=1S/C19H19N3O3/c1-12-4-3-5-15(10-12)19-21-13(2)17(25-19)11-24-16-8-6-14(7-9-16)18(23)22-20/h3-10H,11,20H2,1-2H3,(H,22,23). The van der Waals surface area contributed by atoms with Gasteiger partial charge in [0.25, 0.3) is 5.91 Å². The normalized spacial score (nSPS) is 10.5. The Kier molecular flexibility index (Phi) is 4.81. The molecule has 1 aromatic heterocycles.